The van der Waals surface area contributed by atoms with Gasteiger partial charge in [0.1, 0.15) is 0 Å². The van der Waals surface area contributed by atoms with Crippen LogP contribution in [0.2, 0.25) is 0 Å². The second-order valence-electron chi connectivity index (χ2n) is 14.9. The molecule has 5 aliphatic rings. The number of fused-ring (bicyclic) bond motifs is 7. The van der Waals surface area contributed by atoms with Gasteiger partial charge in [-0.3, -0.25) is 4.79 Å². The van der Waals surface area contributed by atoms with Crippen molar-refractivity contribution in [2.24, 2.45) is 56.7 Å². The van der Waals surface area contributed by atoms with E-state index in [4.69, 9.17) is 4.74 Å². The minimum atomic E-state index is -0.653. The summed E-state index contributed by atoms with van der Waals surface area (Å²) in [5.74, 6) is 2.17. The largest absolute Gasteiger partial charge is 0.469 e. The van der Waals surface area contributed by atoms with E-state index in [1.165, 1.54) is 12.0 Å². The molecule has 0 heterocycles. The number of methoxy groups -OCH3 is 1. The van der Waals surface area contributed by atoms with Gasteiger partial charge >= 0.3 is 5.97 Å². The van der Waals surface area contributed by atoms with Gasteiger partial charge in [-0.25, -0.2) is 0 Å². The fourth-order valence-corrected chi connectivity index (χ4v) is 11.8. The Balaban J connectivity index is 1.57. The van der Waals surface area contributed by atoms with Gasteiger partial charge in [0.15, 0.2) is 0 Å². The summed E-state index contributed by atoms with van der Waals surface area (Å²) in [5.41, 5.74) is 0.927. The van der Waals surface area contributed by atoms with Crippen molar-refractivity contribution in [1.82, 2.24) is 0 Å². The maximum atomic E-state index is 13.4. The Morgan fingerprint density at radius 3 is 2.20 bits per heavy atom. The lowest BCUT2D eigenvalue weighted by Crippen LogP contribution is -2.68. The molecular formula is C31H50O4. The molecule has 0 aliphatic heterocycles. The van der Waals surface area contributed by atoms with E-state index in [0.717, 1.165) is 44.9 Å². The summed E-state index contributed by atoms with van der Waals surface area (Å²) in [6.07, 6.45) is 7.98. The number of allylic oxidation sites excluding steroid dienone is 1. The van der Waals surface area contributed by atoms with Gasteiger partial charge in [-0.2, -0.15) is 0 Å². The van der Waals surface area contributed by atoms with Crippen LogP contribution in [-0.2, 0) is 9.53 Å². The third-order valence-corrected chi connectivity index (χ3v) is 13.6. The number of hydrogen-bond donors (Lipinski definition) is 2. The Labute approximate surface area is 213 Å². The quantitative estimate of drug-likeness (QED) is 0.363. The molecule has 0 radical (unpaired) electrons. The van der Waals surface area contributed by atoms with Crippen LogP contribution in [0.5, 0.6) is 0 Å². The predicted octanol–water partition coefficient (Wildman–Crippen LogP) is 6.15. The Hall–Kier alpha value is -0.870. The molecule has 0 spiro atoms. The van der Waals surface area contributed by atoms with Crippen molar-refractivity contribution < 1.29 is 19.7 Å². The van der Waals surface area contributed by atoms with E-state index in [0.29, 0.717) is 36.0 Å². The predicted molar refractivity (Wildman–Crippen MR) is 138 cm³/mol. The zero-order chi connectivity index (χ0) is 25.8. The van der Waals surface area contributed by atoms with Gasteiger partial charge in [0, 0.05) is 0 Å². The molecule has 5 fully saturated rings. The van der Waals surface area contributed by atoms with Gasteiger partial charge in [-0.15, -0.1) is 0 Å². The van der Waals surface area contributed by atoms with Gasteiger partial charge in [-0.1, -0.05) is 46.8 Å². The lowest BCUT2D eigenvalue weighted by atomic mass is 9.32. The number of rotatable bonds is 2. The van der Waals surface area contributed by atoms with Crippen molar-refractivity contribution in [2.75, 3.05) is 7.11 Å². The summed E-state index contributed by atoms with van der Waals surface area (Å²) in [7, 11) is 1.57. The lowest BCUT2D eigenvalue weighted by Gasteiger charge is -2.73. The summed E-state index contributed by atoms with van der Waals surface area (Å²) in [6, 6.07) is 0. The van der Waals surface area contributed by atoms with Crippen molar-refractivity contribution in [3.8, 4) is 0 Å². The summed E-state index contributed by atoms with van der Waals surface area (Å²) in [6.45, 7) is 18.5. The minimum Gasteiger partial charge on any atom is -0.469 e. The molecule has 0 saturated heterocycles. The molecule has 198 valence electrons. The molecule has 5 saturated carbocycles. The summed E-state index contributed by atoms with van der Waals surface area (Å²) in [5, 5.41) is 22.0. The van der Waals surface area contributed by atoms with E-state index in [-0.39, 0.29) is 33.0 Å². The van der Waals surface area contributed by atoms with E-state index in [2.05, 4.69) is 48.1 Å². The first-order chi connectivity index (χ1) is 16.2. The van der Waals surface area contributed by atoms with E-state index in [1.807, 2.05) is 0 Å². The lowest BCUT2D eigenvalue weighted by molar-refractivity contribution is -0.263. The third-order valence-electron chi connectivity index (χ3n) is 13.6. The van der Waals surface area contributed by atoms with Crippen molar-refractivity contribution in [2.45, 2.75) is 112 Å². The molecule has 5 aliphatic carbocycles. The number of ether oxygens (including phenoxy) is 1. The molecule has 11 unspecified atom stereocenters. The van der Waals surface area contributed by atoms with Crippen molar-refractivity contribution in [1.29, 1.82) is 0 Å². The van der Waals surface area contributed by atoms with Crippen LogP contribution >= 0.6 is 0 Å². The zero-order valence-electron chi connectivity index (χ0n) is 23.3. The fourth-order valence-electron chi connectivity index (χ4n) is 11.8. The Kier molecular flexibility index (Phi) is 5.76. The van der Waals surface area contributed by atoms with Crippen molar-refractivity contribution in [3.63, 3.8) is 0 Å². The number of carbonyl (C=O) groups excluding carboxylic acids is 1. The smallest absolute Gasteiger partial charge is 0.312 e. The monoisotopic (exact) mass is 486 g/mol. The van der Waals surface area contributed by atoms with Crippen LogP contribution in [0.25, 0.3) is 0 Å². The number of aliphatic hydroxyl groups is 2. The average molecular weight is 487 g/mol. The van der Waals surface area contributed by atoms with Crippen LogP contribution in [0.4, 0.5) is 0 Å². The molecule has 0 aromatic carbocycles. The van der Waals surface area contributed by atoms with Crippen LogP contribution in [0.15, 0.2) is 12.2 Å². The molecule has 35 heavy (non-hydrogen) atoms. The Morgan fingerprint density at radius 1 is 0.886 bits per heavy atom. The van der Waals surface area contributed by atoms with Gasteiger partial charge in [0.25, 0.3) is 0 Å². The van der Waals surface area contributed by atoms with Crippen LogP contribution < -0.4 is 0 Å². The molecule has 5 rings (SSSR count). The number of hydrogen-bond acceptors (Lipinski definition) is 4. The zero-order valence-corrected chi connectivity index (χ0v) is 23.3. The summed E-state index contributed by atoms with van der Waals surface area (Å²) < 4.78 is 5.48. The van der Waals surface area contributed by atoms with Gasteiger partial charge in [0.05, 0.1) is 24.7 Å². The average Bonchev–Trinajstić information content (AvgIpc) is 3.18. The van der Waals surface area contributed by atoms with Crippen LogP contribution in [0.3, 0.4) is 0 Å². The molecule has 11 atom stereocenters. The first kappa shape index (κ1) is 25.8. The number of carbonyl (C=O) groups is 1. The van der Waals surface area contributed by atoms with Crippen LogP contribution in [0, 0.1) is 56.7 Å². The number of esters is 1. The molecule has 0 aromatic rings. The molecule has 0 aromatic heterocycles. The molecular weight excluding hydrogens is 436 g/mol. The molecule has 0 amide bonds. The van der Waals surface area contributed by atoms with Crippen molar-refractivity contribution in [3.05, 3.63) is 12.2 Å². The fraction of sp³-hybridized carbons (Fsp3) is 0.903. The highest BCUT2D eigenvalue weighted by Gasteiger charge is 2.72. The highest BCUT2D eigenvalue weighted by atomic mass is 16.5. The maximum absolute atomic E-state index is 13.4. The summed E-state index contributed by atoms with van der Waals surface area (Å²) in [4.78, 5) is 13.4. The maximum Gasteiger partial charge on any atom is 0.312 e. The number of aliphatic hydroxyl groups excluding tert-OH is 2. The Morgan fingerprint density at radius 2 is 1.57 bits per heavy atom. The molecule has 0 bridgehead atoms. The van der Waals surface area contributed by atoms with E-state index < -0.39 is 12.2 Å². The highest BCUT2D eigenvalue weighted by molar-refractivity contribution is 5.78. The first-order valence-corrected chi connectivity index (χ1v) is 14.3. The molecule has 4 heteroatoms. The standard InChI is InChI=1S/C31H50O4/c1-18(2)19-11-14-31(26(34)35-8)16-15-29(6)20(24(19)31)9-10-23-28(5)17-21(32)25(33)27(3,4)22(28)12-13-30(23,29)7/h19-25,32-33H,1,9-17H2,2-8H3. The SMILES string of the molecule is C=C(C)C1CCC2(C(=O)OC)CCC3(C)C(CCC4C5(C)CC(O)C(O)C(C)(C)C5CCC43C)C12. The van der Waals surface area contributed by atoms with E-state index in [1.54, 1.807) is 7.11 Å². The van der Waals surface area contributed by atoms with Crippen molar-refractivity contribution >= 4 is 5.97 Å². The van der Waals surface area contributed by atoms with Crippen LogP contribution in [0.1, 0.15) is 99.3 Å². The van der Waals surface area contributed by atoms with E-state index in [9.17, 15) is 15.0 Å². The summed E-state index contributed by atoms with van der Waals surface area (Å²) >= 11 is 0. The highest BCUT2D eigenvalue weighted by Crippen LogP contribution is 2.77. The first-order valence-electron chi connectivity index (χ1n) is 14.3. The third kappa shape index (κ3) is 3.02. The molecule has 4 nitrogen and oxygen atoms in total. The van der Waals surface area contributed by atoms with Gasteiger partial charge in [-0.05, 0) is 116 Å². The minimum absolute atomic E-state index is 0.0161. The second-order valence-corrected chi connectivity index (χ2v) is 14.9. The topological polar surface area (TPSA) is 66.8 Å². The van der Waals surface area contributed by atoms with E-state index >= 15 is 0 Å². The Bertz CT molecular complexity index is 910. The van der Waals surface area contributed by atoms with Gasteiger partial charge in [0.2, 0.25) is 0 Å². The normalized spacial score (nSPS) is 54.6. The van der Waals surface area contributed by atoms with Crippen LogP contribution in [-0.4, -0.2) is 35.5 Å². The van der Waals surface area contributed by atoms with Gasteiger partial charge < -0.3 is 14.9 Å². The second kappa shape index (κ2) is 7.82. The molecule has 2 N–H and O–H groups in total.